The zero-order valence-electron chi connectivity index (χ0n) is 39.0. The van der Waals surface area contributed by atoms with Crippen molar-refractivity contribution in [1.29, 1.82) is 0 Å². The molecule has 332 valence electrons. The fourth-order valence-electron chi connectivity index (χ4n) is 12.4. The van der Waals surface area contributed by atoms with E-state index in [0.717, 1.165) is 115 Å². The highest BCUT2D eigenvalue weighted by Crippen LogP contribution is 2.60. The molecule has 2 aliphatic rings. The van der Waals surface area contributed by atoms with Gasteiger partial charge in [-0.05, 0) is 143 Å². The number of nitrogens with zero attached hydrogens (tertiary/aromatic N) is 2. The summed E-state index contributed by atoms with van der Waals surface area (Å²) >= 11 is 0. The molecule has 4 heteroatoms. The lowest BCUT2D eigenvalue weighted by molar-refractivity contribution is 0.487. The summed E-state index contributed by atoms with van der Waals surface area (Å²) in [5.41, 5.74) is 12.0. The highest BCUT2D eigenvalue weighted by molar-refractivity contribution is 6.03. The van der Waals surface area contributed by atoms with Gasteiger partial charge >= 0.3 is 0 Å². The normalized spacial score (nSPS) is 13.9. The van der Waals surface area contributed by atoms with Crippen molar-refractivity contribution in [3.05, 3.63) is 228 Å². The molecule has 10 aromatic carbocycles. The maximum Gasteiger partial charge on any atom is 0.139 e. The highest BCUT2D eigenvalue weighted by Gasteiger charge is 2.46. The van der Waals surface area contributed by atoms with Gasteiger partial charge in [-0.1, -0.05) is 149 Å². The van der Waals surface area contributed by atoms with Crippen molar-refractivity contribution in [3.8, 4) is 22.3 Å². The van der Waals surface area contributed by atoms with Crippen LogP contribution in [0.3, 0.4) is 0 Å². The third kappa shape index (κ3) is 5.92. The molecule has 0 fully saturated rings. The number of rotatable bonds is 10. The largest absolute Gasteiger partial charge is 0.310 e. The number of hydrogen-bond acceptors (Lipinski definition) is 2. The van der Waals surface area contributed by atoms with Gasteiger partial charge in [0.1, 0.15) is 11.6 Å². The number of para-hydroxylation sites is 2. The summed E-state index contributed by atoms with van der Waals surface area (Å²) in [7, 11) is 0. The average molecular weight is 887 g/mol. The first kappa shape index (κ1) is 41.8. The second-order valence-electron chi connectivity index (χ2n) is 18.7. The highest BCUT2D eigenvalue weighted by atomic mass is 19.1. The number of fused-ring (bicyclic) bond motifs is 9. The van der Waals surface area contributed by atoms with Crippen LogP contribution in [0.5, 0.6) is 0 Å². The van der Waals surface area contributed by atoms with Crippen LogP contribution in [0.4, 0.5) is 42.9 Å². The topological polar surface area (TPSA) is 6.48 Å². The Hall–Kier alpha value is -7.56. The van der Waals surface area contributed by atoms with Gasteiger partial charge in [-0.25, -0.2) is 8.78 Å². The van der Waals surface area contributed by atoms with E-state index in [1.165, 1.54) is 0 Å². The third-order valence-electron chi connectivity index (χ3n) is 15.9. The van der Waals surface area contributed by atoms with Gasteiger partial charge in [0.15, 0.2) is 0 Å². The molecule has 0 saturated carbocycles. The maximum atomic E-state index is 18.2. The van der Waals surface area contributed by atoms with Crippen molar-refractivity contribution < 1.29 is 8.78 Å². The number of halogens is 2. The van der Waals surface area contributed by atoms with Crippen molar-refractivity contribution in [1.82, 2.24) is 0 Å². The first-order chi connectivity index (χ1) is 33.4. The summed E-state index contributed by atoms with van der Waals surface area (Å²) in [6, 6.07) is 67.9. The van der Waals surface area contributed by atoms with Gasteiger partial charge in [0.05, 0.1) is 11.4 Å². The second-order valence-corrected chi connectivity index (χ2v) is 18.7. The summed E-state index contributed by atoms with van der Waals surface area (Å²) in [6.45, 7) is 8.77. The Balaban J connectivity index is 1.04. The van der Waals surface area contributed by atoms with E-state index in [0.29, 0.717) is 21.9 Å². The van der Waals surface area contributed by atoms with Crippen LogP contribution in [-0.2, 0) is 10.8 Å². The van der Waals surface area contributed by atoms with Crippen molar-refractivity contribution in [2.75, 3.05) is 9.80 Å². The van der Waals surface area contributed by atoms with Crippen molar-refractivity contribution in [3.63, 3.8) is 0 Å². The van der Waals surface area contributed by atoms with Gasteiger partial charge in [0.2, 0.25) is 0 Å². The molecule has 0 aliphatic heterocycles. The first-order valence-corrected chi connectivity index (χ1v) is 24.3. The molecule has 0 radical (unpaired) electrons. The minimum atomic E-state index is -0.534. The molecule has 10 aromatic rings. The van der Waals surface area contributed by atoms with Crippen LogP contribution in [0.2, 0.25) is 0 Å². The Bertz CT molecular complexity index is 3360. The number of hydrogen-bond donors (Lipinski definition) is 0. The van der Waals surface area contributed by atoms with Gasteiger partial charge in [-0.3, -0.25) is 0 Å². The molecule has 0 heterocycles. The zero-order chi connectivity index (χ0) is 46.3. The minimum Gasteiger partial charge on any atom is -0.310 e. The molecule has 0 saturated heterocycles. The van der Waals surface area contributed by atoms with Crippen molar-refractivity contribution >= 4 is 66.4 Å². The fourth-order valence-corrected chi connectivity index (χ4v) is 12.4. The Kier molecular flexibility index (Phi) is 9.88. The lowest BCUT2D eigenvalue weighted by Crippen LogP contribution is -2.24. The number of anilines is 6. The standard InChI is InChI=1S/C64H52F2N2/c1-5-63(6-2)53-37-45(67(43-25-11-9-12-26-43)57-31-19-23-41-21-15-17-29-47(41)57)33-35-49(53)59-55(63)39-51-52(61(59)65)40-56-60(62(51)66)50-36-34-46(38-54(50)64(56,7-3)8-4)68(44-27-13-10-14-28-44)58-32-20-24-42-22-16-18-30-48(42)58/h9-40H,5-8H2,1-4H3. The molecule has 68 heavy (non-hydrogen) atoms. The van der Waals surface area contributed by atoms with Crippen LogP contribution in [0, 0.1) is 11.6 Å². The van der Waals surface area contributed by atoms with Crippen LogP contribution in [0.15, 0.2) is 194 Å². The van der Waals surface area contributed by atoms with E-state index in [1.807, 2.05) is 24.3 Å². The van der Waals surface area contributed by atoms with Crippen LogP contribution in [-0.4, -0.2) is 0 Å². The lowest BCUT2D eigenvalue weighted by Gasteiger charge is -2.32. The van der Waals surface area contributed by atoms with Gasteiger partial charge in [0, 0.05) is 66.3 Å². The monoisotopic (exact) mass is 886 g/mol. The van der Waals surface area contributed by atoms with Crippen LogP contribution in [0.25, 0.3) is 54.6 Å². The zero-order valence-corrected chi connectivity index (χ0v) is 39.0. The van der Waals surface area contributed by atoms with E-state index in [2.05, 4.69) is 207 Å². The summed E-state index contributed by atoms with van der Waals surface area (Å²) in [5.74, 6) is -0.676. The van der Waals surface area contributed by atoms with Crippen molar-refractivity contribution in [2.24, 2.45) is 0 Å². The van der Waals surface area contributed by atoms with E-state index in [4.69, 9.17) is 0 Å². The van der Waals surface area contributed by atoms with Gasteiger partial charge in [-0.2, -0.15) is 0 Å². The van der Waals surface area contributed by atoms with Gasteiger partial charge in [0.25, 0.3) is 0 Å². The average Bonchev–Trinajstić information content (AvgIpc) is 3.84. The Labute approximate surface area is 397 Å². The third-order valence-corrected chi connectivity index (χ3v) is 15.9. The molecule has 0 bridgehead atoms. The molecular weight excluding hydrogens is 835 g/mol. The molecule has 0 N–H and O–H groups in total. The SMILES string of the molecule is CCC1(CC)c2cc(N(c3ccccc3)c3cccc4ccccc34)ccc2-c2c1cc1c(F)c3c(cc1c2F)C(CC)(CC)c1cc(N(c2ccccc2)c2cccc4ccccc24)ccc1-3. The molecule has 2 nitrogen and oxygen atoms in total. The van der Waals surface area contributed by atoms with Crippen LogP contribution < -0.4 is 9.80 Å². The molecule has 0 amide bonds. The molecule has 0 atom stereocenters. The van der Waals surface area contributed by atoms with E-state index >= 15 is 8.78 Å². The molecule has 0 aromatic heterocycles. The van der Waals surface area contributed by atoms with Gasteiger partial charge < -0.3 is 9.80 Å². The smallest absolute Gasteiger partial charge is 0.139 e. The maximum absolute atomic E-state index is 18.2. The quantitative estimate of drug-likeness (QED) is 0.135. The van der Waals surface area contributed by atoms with Gasteiger partial charge in [-0.15, -0.1) is 0 Å². The van der Waals surface area contributed by atoms with E-state index in [1.54, 1.807) is 0 Å². The molecule has 0 spiro atoms. The predicted molar refractivity (Wildman–Crippen MR) is 282 cm³/mol. The molecule has 2 aliphatic carbocycles. The Morgan fingerprint density at radius 1 is 0.338 bits per heavy atom. The summed E-state index contributed by atoms with van der Waals surface area (Å²) < 4.78 is 36.3. The Morgan fingerprint density at radius 2 is 0.706 bits per heavy atom. The lowest BCUT2D eigenvalue weighted by atomic mass is 9.72. The first-order valence-electron chi connectivity index (χ1n) is 24.3. The fraction of sp³-hybridized carbons (Fsp3) is 0.156. The molecular formula is C64H52F2N2. The summed E-state index contributed by atoms with van der Waals surface area (Å²) in [6.07, 6.45) is 2.94. The summed E-state index contributed by atoms with van der Waals surface area (Å²) in [5, 5.41) is 5.30. The Morgan fingerprint density at radius 3 is 1.10 bits per heavy atom. The van der Waals surface area contributed by atoms with E-state index < -0.39 is 10.8 Å². The molecule has 12 rings (SSSR count). The predicted octanol–water partition coefficient (Wildman–Crippen LogP) is 18.5. The summed E-state index contributed by atoms with van der Waals surface area (Å²) in [4.78, 5) is 4.63. The van der Waals surface area contributed by atoms with Crippen LogP contribution in [0.1, 0.15) is 75.6 Å². The van der Waals surface area contributed by atoms with E-state index in [-0.39, 0.29) is 11.6 Å². The molecule has 0 unspecified atom stereocenters. The minimum absolute atomic E-state index is 0.338. The second kappa shape index (κ2) is 16.1. The number of benzene rings is 10. The van der Waals surface area contributed by atoms with Crippen molar-refractivity contribution in [2.45, 2.75) is 64.2 Å². The van der Waals surface area contributed by atoms with Crippen LogP contribution >= 0.6 is 0 Å². The van der Waals surface area contributed by atoms with E-state index in [9.17, 15) is 0 Å².